The number of anilines is 1. The number of halogens is 2. The van der Waals surface area contributed by atoms with Crippen molar-refractivity contribution in [3.8, 4) is 5.75 Å². The smallest absolute Gasteiger partial charge is 0.248 e. The van der Waals surface area contributed by atoms with E-state index >= 15 is 0 Å². The molecule has 98 valence electrons. The van der Waals surface area contributed by atoms with Gasteiger partial charge in [0.1, 0.15) is 5.75 Å². The fourth-order valence-corrected chi connectivity index (χ4v) is 3.22. The molecule has 1 aliphatic carbocycles. The topological polar surface area (TPSA) is 21.3 Å². The Morgan fingerprint density at radius 3 is 2.56 bits per heavy atom. The first-order valence-electron chi connectivity index (χ1n) is 6.36. The van der Waals surface area contributed by atoms with Crippen molar-refractivity contribution in [1.29, 1.82) is 0 Å². The van der Waals surface area contributed by atoms with Gasteiger partial charge >= 0.3 is 0 Å². The zero-order valence-corrected chi connectivity index (χ0v) is 10.4. The monoisotopic (exact) mass is 253 g/mol. The summed E-state index contributed by atoms with van der Waals surface area (Å²) in [6.45, 7) is 0.749. The lowest BCUT2D eigenvalue weighted by Crippen LogP contribution is -2.37. The van der Waals surface area contributed by atoms with Crippen LogP contribution in [0.5, 0.6) is 5.75 Å². The van der Waals surface area contributed by atoms with Crippen LogP contribution in [0, 0.1) is 0 Å². The number of fused-ring (bicyclic) bond motifs is 2. The maximum absolute atomic E-state index is 13.3. The van der Waals surface area contributed by atoms with E-state index in [9.17, 15) is 8.78 Å². The summed E-state index contributed by atoms with van der Waals surface area (Å²) in [5.74, 6) is -1.67. The average Bonchev–Trinajstić information content (AvgIpc) is 2.73. The minimum atomic E-state index is -2.48. The highest BCUT2D eigenvalue weighted by molar-refractivity contribution is 5.68. The van der Waals surface area contributed by atoms with Gasteiger partial charge in [0.25, 0.3) is 0 Å². The molecule has 1 saturated carbocycles. The third kappa shape index (κ3) is 1.66. The Balaban J connectivity index is 1.96. The van der Waals surface area contributed by atoms with Crippen LogP contribution in [-0.4, -0.2) is 19.6 Å². The van der Waals surface area contributed by atoms with Crippen molar-refractivity contribution in [2.45, 2.75) is 37.0 Å². The van der Waals surface area contributed by atoms with Crippen LogP contribution in [0.25, 0.3) is 0 Å². The van der Waals surface area contributed by atoms with Crippen molar-refractivity contribution in [3.05, 3.63) is 23.8 Å². The molecular weight excluding hydrogens is 236 g/mol. The van der Waals surface area contributed by atoms with Gasteiger partial charge in [0.2, 0.25) is 5.92 Å². The van der Waals surface area contributed by atoms with Crippen molar-refractivity contribution in [1.82, 2.24) is 0 Å². The Morgan fingerprint density at radius 1 is 1.17 bits per heavy atom. The molecule has 2 aliphatic rings. The maximum atomic E-state index is 13.3. The zero-order valence-electron chi connectivity index (χ0n) is 10.4. The van der Waals surface area contributed by atoms with Gasteiger partial charge in [-0.1, -0.05) is 12.1 Å². The molecule has 3 rings (SSSR count). The molecule has 4 heteroatoms. The van der Waals surface area contributed by atoms with Crippen molar-refractivity contribution in [2.24, 2.45) is 0 Å². The van der Waals surface area contributed by atoms with Crippen LogP contribution in [0.2, 0.25) is 0 Å². The third-order valence-corrected chi connectivity index (χ3v) is 4.36. The van der Waals surface area contributed by atoms with E-state index in [4.69, 9.17) is 4.74 Å². The van der Waals surface area contributed by atoms with Crippen LogP contribution in [0.15, 0.2) is 18.2 Å². The van der Waals surface area contributed by atoms with Crippen LogP contribution in [0.4, 0.5) is 14.5 Å². The molecule has 0 saturated heterocycles. The second-order valence-corrected chi connectivity index (χ2v) is 5.37. The predicted molar refractivity (Wildman–Crippen MR) is 66.6 cm³/mol. The molecule has 0 radical (unpaired) electrons. The average molecular weight is 253 g/mol. The molecule has 1 fully saturated rings. The van der Waals surface area contributed by atoms with Gasteiger partial charge in [-0.3, -0.25) is 0 Å². The number of ether oxygens (including phenoxy) is 1. The fourth-order valence-electron chi connectivity index (χ4n) is 3.22. The summed E-state index contributed by atoms with van der Waals surface area (Å²) in [6, 6.07) is 5.89. The maximum Gasteiger partial charge on any atom is 0.248 e. The summed E-state index contributed by atoms with van der Waals surface area (Å²) in [5.41, 5.74) is 2.02. The lowest BCUT2D eigenvalue weighted by molar-refractivity contribution is -0.0496. The molecule has 2 nitrogen and oxygen atoms in total. The van der Waals surface area contributed by atoms with Crippen molar-refractivity contribution in [2.75, 3.05) is 19.0 Å². The minimum Gasteiger partial charge on any atom is -0.495 e. The Hall–Kier alpha value is -1.32. The van der Waals surface area contributed by atoms with Gasteiger partial charge < -0.3 is 10.1 Å². The first-order chi connectivity index (χ1) is 8.56. The largest absolute Gasteiger partial charge is 0.495 e. The molecule has 1 heterocycles. The fraction of sp³-hybridized carbons (Fsp3) is 0.571. The van der Waals surface area contributed by atoms with E-state index in [1.165, 1.54) is 0 Å². The molecular formula is C14H17F2NO. The highest BCUT2D eigenvalue weighted by Crippen LogP contribution is 2.52. The summed E-state index contributed by atoms with van der Waals surface area (Å²) in [6.07, 6.45) is 1.08. The van der Waals surface area contributed by atoms with Crippen LogP contribution in [0.3, 0.4) is 0 Å². The SMILES string of the molecule is COc1cccc2c1NCC21CCC(F)(F)CC1. The van der Waals surface area contributed by atoms with Crippen LogP contribution in [0.1, 0.15) is 31.2 Å². The van der Waals surface area contributed by atoms with Gasteiger partial charge in [0, 0.05) is 24.8 Å². The number of nitrogens with one attached hydrogen (secondary N) is 1. The quantitative estimate of drug-likeness (QED) is 0.826. The molecule has 1 aliphatic heterocycles. The predicted octanol–water partition coefficient (Wildman–Crippen LogP) is 3.57. The lowest BCUT2D eigenvalue weighted by Gasteiger charge is -2.37. The second-order valence-electron chi connectivity index (χ2n) is 5.37. The normalized spacial score (nSPS) is 23.5. The van der Waals surface area contributed by atoms with Crippen LogP contribution < -0.4 is 10.1 Å². The summed E-state index contributed by atoms with van der Waals surface area (Å²) in [7, 11) is 1.64. The summed E-state index contributed by atoms with van der Waals surface area (Å²) in [4.78, 5) is 0. The van der Waals surface area contributed by atoms with E-state index in [-0.39, 0.29) is 18.3 Å². The molecule has 1 aromatic carbocycles. The number of methoxy groups -OCH3 is 1. The first-order valence-corrected chi connectivity index (χ1v) is 6.36. The Morgan fingerprint density at radius 2 is 1.89 bits per heavy atom. The van der Waals surface area contributed by atoms with Crippen molar-refractivity contribution < 1.29 is 13.5 Å². The standard InChI is InChI=1S/C14H17F2NO/c1-18-11-4-2-3-10-12(11)17-9-13(10)5-7-14(15,16)8-6-13/h2-4,17H,5-9H2,1H3. The number of para-hydroxylation sites is 1. The van der Waals surface area contributed by atoms with E-state index in [1.54, 1.807) is 7.11 Å². The number of alkyl halides is 2. The molecule has 0 bridgehead atoms. The molecule has 0 atom stereocenters. The Labute approximate surface area is 105 Å². The van der Waals surface area contributed by atoms with Crippen LogP contribution >= 0.6 is 0 Å². The summed E-state index contributed by atoms with van der Waals surface area (Å²) < 4.78 is 32.0. The van der Waals surface area contributed by atoms with E-state index in [2.05, 4.69) is 5.32 Å². The van der Waals surface area contributed by atoms with Crippen molar-refractivity contribution >= 4 is 5.69 Å². The number of rotatable bonds is 1. The summed E-state index contributed by atoms with van der Waals surface area (Å²) >= 11 is 0. The van der Waals surface area contributed by atoms with Gasteiger partial charge in [0.15, 0.2) is 0 Å². The van der Waals surface area contributed by atoms with Gasteiger partial charge in [-0.15, -0.1) is 0 Å². The van der Waals surface area contributed by atoms with E-state index in [0.717, 1.165) is 23.5 Å². The minimum absolute atomic E-state index is 0.00860. The molecule has 0 aromatic heterocycles. The van der Waals surface area contributed by atoms with Gasteiger partial charge in [-0.2, -0.15) is 0 Å². The highest BCUT2D eigenvalue weighted by atomic mass is 19.3. The molecule has 1 aromatic rings. The molecule has 1 spiro atoms. The zero-order chi connectivity index (χ0) is 12.8. The van der Waals surface area contributed by atoms with E-state index in [1.807, 2.05) is 18.2 Å². The third-order valence-electron chi connectivity index (χ3n) is 4.36. The Bertz CT molecular complexity index is 463. The van der Waals surface area contributed by atoms with Gasteiger partial charge in [-0.05, 0) is 24.5 Å². The molecule has 1 N–H and O–H groups in total. The van der Waals surface area contributed by atoms with Crippen LogP contribution in [-0.2, 0) is 5.41 Å². The number of benzene rings is 1. The van der Waals surface area contributed by atoms with Gasteiger partial charge in [0.05, 0.1) is 12.8 Å². The van der Waals surface area contributed by atoms with E-state index < -0.39 is 5.92 Å². The first kappa shape index (κ1) is 11.8. The molecule has 0 unspecified atom stereocenters. The molecule has 18 heavy (non-hydrogen) atoms. The highest BCUT2D eigenvalue weighted by Gasteiger charge is 2.47. The molecule has 0 amide bonds. The van der Waals surface area contributed by atoms with Crippen molar-refractivity contribution in [3.63, 3.8) is 0 Å². The Kier molecular flexibility index (Phi) is 2.50. The summed E-state index contributed by atoms with van der Waals surface area (Å²) in [5, 5.41) is 3.34. The lowest BCUT2D eigenvalue weighted by atomic mass is 9.69. The van der Waals surface area contributed by atoms with Gasteiger partial charge in [-0.25, -0.2) is 8.78 Å². The number of hydrogen-bond donors (Lipinski definition) is 1. The van der Waals surface area contributed by atoms with E-state index in [0.29, 0.717) is 12.8 Å². The second kappa shape index (κ2) is 3.84. The number of hydrogen-bond acceptors (Lipinski definition) is 2.